The van der Waals surface area contributed by atoms with Crippen LogP contribution in [0.1, 0.15) is 11.1 Å². The Bertz CT molecular complexity index is 817. The summed E-state index contributed by atoms with van der Waals surface area (Å²) < 4.78 is 5.68. The van der Waals surface area contributed by atoms with Gasteiger partial charge in [0.05, 0.1) is 18.2 Å². The van der Waals surface area contributed by atoms with E-state index in [1.807, 2.05) is 6.20 Å². The molecule has 0 radical (unpaired) electrons. The summed E-state index contributed by atoms with van der Waals surface area (Å²) in [5.41, 5.74) is 2.85. The molecule has 0 saturated heterocycles. The molecule has 0 atom stereocenters. The van der Waals surface area contributed by atoms with Crippen LogP contribution in [0.15, 0.2) is 48.7 Å². The van der Waals surface area contributed by atoms with Gasteiger partial charge in [-0.25, -0.2) is 0 Å². The van der Waals surface area contributed by atoms with Crippen LogP contribution in [0.5, 0.6) is 5.75 Å². The number of benzene rings is 2. The second-order valence-corrected chi connectivity index (χ2v) is 5.22. The van der Waals surface area contributed by atoms with E-state index in [0.29, 0.717) is 22.9 Å². The zero-order chi connectivity index (χ0) is 14.7. The molecule has 0 spiro atoms. The minimum absolute atomic E-state index is 0.506. The Balaban J connectivity index is 1.65. The zero-order valence-electron chi connectivity index (χ0n) is 11.3. The summed E-state index contributed by atoms with van der Waals surface area (Å²) in [5.74, 6) is 0.627. The number of fused-ring (bicyclic) bond motifs is 1. The average molecular weight is 297 g/mol. The van der Waals surface area contributed by atoms with Gasteiger partial charge in [-0.15, -0.1) is 0 Å². The lowest BCUT2D eigenvalue weighted by molar-refractivity contribution is 0.322. The maximum atomic E-state index is 8.90. The Morgan fingerprint density at radius 1 is 1.14 bits per heavy atom. The van der Waals surface area contributed by atoms with Crippen molar-refractivity contribution >= 4 is 22.5 Å². The van der Waals surface area contributed by atoms with Crippen molar-refractivity contribution in [3.8, 4) is 11.8 Å². The van der Waals surface area contributed by atoms with Gasteiger partial charge in [-0.2, -0.15) is 5.26 Å². The molecule has 0 aliphatic rings. The van der Waals surface area contributed by atoms with Crippen LogP contribution in [-0.4, -0.2) is 11.6 Å². The number of nitrogens with zero attached hydrogens (tertiary/aromatic N) is 1. The molecule has 0 unspecified atom stereocenters. The first kappa shape index (κ1) is 13.5. The molecule has 0 aliphatic carbocycles. The Hall–Kier alpha value is -2.44. The predicted octanol–water partition coefficient (Wildman–Crippen LogP) is 4.31. The molecule has 0 bridgehead atoms. The fourth-order valence-electron chi connectivity index (χ4n) is 2.26. The van der Waals surface area contributed by atoms with Gasteiger partial charge in [-0.1, -0.05) is 17.7 Å². The van der Waals surface area contributed by atoms with Crippen molar-refractivity contribution in [3.05, 3.63) is 64.8 Å². The van der Waals surface area contributed by atoms with E-state index in [0.717, 1.165) is 11.9 Å². The van der Waals surface area contributed by atoms with E-state index >= 15 is 0 Å². The largest absolute Gasteiger partial charge is 0.493 e. The van der Waals surface area contributed by atoms with Crippen molar-refractivity contribution in [1.29, 1.82) is 5.26 Å². The first-order valence-electron chi connectivity index (χ1n) is 6.64. The standard InChI is InChI=1S/C17H13ClN2O/c18-15-8-13(11-19)9-16(10-15)21-6-4-12-1-2-17-14(7-12)3-5-20-17/h1-3,5,7-10,20H,4,6H2. The number of aromatic amines is 1. The van der Waals surface area contributed by atoms with E-state index in [2.05, 4.69) is 35.3 Å². The number of rotatable bonds is 4. The summed E-state index contributed by atoms with van der Waals surface area (Å²) in [6.45, 7) is 0.543. The highest BCUT2D eigenvalue weighted by molar-refractivity contribution is 6.30. The topological polar surface area (TPSA) is 48.8 Å². The van der Waals surface area contributed by atoms with Gasteiger partial charge >= 0.3 is 0 Å². The van der Waals surface area contributed by atoms with Crippen LogP contribution in [0.25, 0.3) is 10.9 Å². The number of hydrogen-bond donors (Lipinski definition) is 1. The summed E-state index contributed by atoms with van der Waals surface area (Å²) in [6.07, 6.45) is 2.73. The molecule has 4 heteroatoms. The van der Waals surface area contributed by atoms with Crippen LogP contribution in [-0.2, 0) is 6.42 Å². The van der Waals surface area contributed by atoms with Gasteiger partial charge in [0.15, 0.2) is 0 Å². The molecule has 3 aromatic rings. The smallest absolute Gasteiger partial charge is 0.122 e. The molecule has 2 aromatic carbocycles. The highest BCUT2D eigenvalue weighted by atomic mass is 35.5. The van der Waals surface area contributed by atoms with E-state index in [1.54, 1.807) is 18.2 Å². The Morgan fingerprint density at radius 3 is 2.90 bits per heavy atom. The van der Waals surface area contributed by atoms with Crippen molar-refractivity contribution in [2.24, 2.45) is 0 Å². The van der Waals surface area contributed by atoms with E-state index in [1.165, 1.54) is 10.9 Å². The van der Waals surface area contributed by atoms with Crippen molar-refractivity contribution in [3.63, 3.8) is 0 Å². The fourth-order valence-corrected chi connectivity index (χ4v) is 2.48. The maximum Gasteiger partial charge on any atom is 0.122 e. The van der Waals surface area contributed by atoms with Crippen LogP contribution in [0.2, 0.25) is 5.02 Å². The van der Waals surface area contributed by atoms with Crippen LogP contribution < -0.4 is 4.74 Å². The van der Waals surface area contributed by atoms with Crippen LogP contribution in [0.3, 0.4) is 0 Å². The fraction of sp³-hybridized carbons (Fsp3) is 0.118. The number of aromatic nitrogens is 1. The van der Waals surface area contributed by atoms with Crippen molar-refractivity contribution in [2.45, 2.75) is 6.42 Å². The highest BCUT2D eigenvalue weighted by Crippen LogP contribution is 2.21. The summed E-state index contributed by atoms with van der Waals surface area (Å²) in [5, 5.41) is 10.6. The third-order valence-corrected chi connectivity index (χ3v) is 3.50. The van der Waals surface area contributed by atoms with Gasteiger partial charge < -0.3 is 9.72 Å². The lowest BCUT2D eigenvalue weighted by Crippen LogP contribution is -2.01. The molecule has 0 saturated carbocycles. The van der Waals surface area contributed by atoms with Crippen LogP contribution in [0.4, 0.5) is 0 Å². The molecule has 1 N–H and O–H groups in total. The van der Waals surface area contributed by atoms with Gasteiger partial charge in [0.1, 0.15) is 5.75 Å². The number of halogens is 1. The summed E-state index contributed by atoms with van der Waals surface area (Å²) >= 11 is 5.94. The number of nitriles is 1. The molecular formula is C17H13ClN2O. The minimum atomic E-state index is 0.506. The monoisotopic (exact) mass is 296 g/mol. The van der Waals surface area contributed by atoms with Gasteiger partial charge in [-0.3, -0.25) is 0 Å². The van der Waals surface area contributed by atoms with Gasteiger partial charge in [0.25, 0.3) is 0 Å². The highest BCUT2D eigenvalue weighted by Gasteiger charge is 2.02. The van der Waals surface area contributed by atoms with E-state index in [9.17, 15) is 0 Å². The number of H-pyrrole nitrogens is 1. The Labute approximate surface area is 127 Å². The first-order chi connectivity index (χ1) is 10.2. The van der Waals surface area contributed by atoms with Gasteiger partial charge in [0.2, 0.25) is 0 Å². The maximum absolute atomic E-state index is 8.90. The van der Waals surface area contributed by atoms with Crippen molar-refractivity contribution in [1.82, 2.24) is 4.98 Å². The van der Waals surface area contributed by atoms with Crippen LogP contribution in [0, 0.1) is 11.3 Å². The molecule has 1 aromatic heterocycles. The molecule has 0 aliphatic heterocycles. The second-order valence-electron chi connectivity index (χ2n) is 4.79. The quantitative estimate of drug-likeness (QED) is 0.779. The van der Waals surface area contributed by atoms with Crippen molar-refractivity contribution in [2.75, 3.05) is 6.61 Å². The Morgan fingerprint density at radius 2 is 2.05 bits per heavy atom. The Kier molecular flexibility index (Phi) is 3.81. The normalized spacial score (nSPS) is 10.5. The summed E-state index contributed by atoms with van der Waals surface area (Å²) in [4.78, 5) is 3.17. The summed E-state index contributed by atoms with van der Waals surface area (Å²) in [7, 11) is 0. The van der Waals surface area contributed by atoms with E-state index < -0.39 is 0 Å². The van der Waals surface area contributed by atoms with Crippen LogP contribution >= 0.6 is 11.6 Å². The second kappa shape index (κ2) is 5.90. The molecule has 3 rings (SSSR count). The lowest BCUT2D eigenvalue weighted by Gasteiger charge is -2.07. The number of nitrogens with one attached hydrogen (secondary N) is 1. The first-order valence-corrected chi connectivity index (χ1v) is 7.02. The zero-order valence-corrected chi connectivity index (χ0v) is 12.0. The molecule has 104 valence electrons. The molecule has 0 fully saturated rings. The van der Waals surface area contributed by atoms with Gasteiger partial charge in [0, 0.05) is 23.2 Å². The minimum Gasteiger partial charge on any atom is -0.493 e. The number of hydrogen-bond acceptors (Lipinski definition) is 2. The average Bonchev–Trinajstić information content (AvgIpc) is 2.94. The molecule has 3 nitrogen and oxygen atoms in total. The van der Waals surface area contributed by atoms with E-state index in [4.69, 9.17) is 21.6 Å². The molecule has 0 amide bonds. The number of ether oxygens (including phenoxy) is 1. The van der Waals surface area contributed by atoms with Gasteiger partial charge in [-0.05, 0) is 47.3 Å². The predicted molar refractivity (Wildman–Crippen MR) is 83.7 cm³/mol. The SMILES string of the molecule is N#Cc1cc(Cl)cc(OCCc2ccc3[nH]ccc3c2)c1. The molecule has 1 heterocycles. The summed E-state index contributed by atoms with van der Waals surface area (Å²) in [6, 6.07) is 15.5. The third-order valence-electron chi connectivity index (χ3n) is 3.28. The van der Waals surface area contributed by atoms with E-state index in [-0.39, 0.29) is 0 Å². The molecular weight excluding hydrogens is 284 g/mol. The molecule has 21 heavy (non-hydrogen) atoms. The van der Waals surface area contributed by atoms with Crippen molar-refractivity contribution < 1.29 is 4.74 Å². The lowest BCUT2D eigenvalue weighted by atomic mass is 10.1. The third kappa shape index (κ3) is 3.18.